The number of hydrogen-bond acceptors (Lipinski definition) is 11. The zero-order valence-corrected chi connectivity index (χ0v) is 22.0. The molecule has 1 aliphatic heterocycles. The molecule has 0 amide bonds. The lowest BCUT2D eigenvalue weighted by Gasteiger charge is -2.34. The van der Waals surface area contributed by atoms with E-state index in [9.17, 15) is 10.5 Å². The number of aromatic nitrogens is 5. The number of nitriles is 2. The SMILES string of the molecule is Cc1cc(CNC2CCN(c3cc(C#N)cc(Nc4nc(NC5CC5)n5cc(C#N)nc5n4)c3Cl)CC2)on1. The molecule has 6 rings (SSSR count). The molecule has 0 unspecified atom stereocenters. The summed E-state index contributed by atoms with van der Waals surface area (Å²) in [6.07, 6.45) is 5.55. The van der Waals surface area contributed by atoms with E-state index >= 15 is 0 Å². The topological polar surface area (TPSA) is 156 Å². The number of imidazole rings is 1. The van der Waals surface area contributed by atoms with Crippen LogP contribution in [0, 0.1) is 29.6 Å². The second kappa shape index (κ2) is 10.4. The molecule has 12 nitrogen and oxygen atoms in total. The molecule has 0 radical (unpaired) electrons. The zero-order valence-electron chi connectivity index (χ0n) is 21.3. The van der Waals surface area contributed by atoms with Crippen LogP contribution in [0.4, 0.5) is 23.3 Å². The van der Waals surface area contributed by atoms with Gasteiger partial charge in [-0.15, -0.1) is 0 Å². The van der Waals surface area contributed by atoms with Gasteiger partial charge in [-0.2, -0.15) is 25.5 Å². The average Bonchev–Trinajstić information content (AvgIpc) is 3.50. The lowest BCUT2D eigenvalue weighted by molar-refractivity contribution is 0.344. The Labute approximate surface area is 229 Å². The van der Waals surface area contributed by atoms with Crippen LogP contribution in [0.2, 0.25) is 5.02 Å². The molecule has 3 N–H and O–H groups in total. The van der Waals surface area contributed by atoms with Crippen molar-refractivity contribution in [2.24, 2.45) is 0 Å². The smallest absolute Gasteiger partial charge is 0.241 e. The van der Waals surface area contributed by atoms with E-state index in [2.05, 4.69) is 47.0 Å². The summed E-state index contributed by atoms with van der Waals surface area (Å²) in [7, 11) is 0. The molecule has 2 fully saturated rings. The van der Waals surface area contributed by atoms with Gasteiger partial charge in [-0.25, -0.2) is 0 Å². The molecule has 0 bridgehead atoms. The van der Waals surface area contributed by atoms with Crippen molar-refractivity contribution in [1.29, 1.82) is 10.5 Å². The van der Waals surface area contributed by atoms with E-state index in [4.69, 9.17) is 16.1 Å². The van der Waals surface area contributed by atoms with Crippen LogP contribution < -0.4 is 20.9 Å². The lowest BCUT2D eigenvalue weighted by Crippen LogP contribution is -2.42. The van der Waals surface area contributed by atoms with E-state index in [0.29, 0.717) is 46.6 Å². The summed E-state index contributed by atoms with van der Waals surface area (Å²) >= 11 is 6.90. The van der Waals surface area contributed by atoms with E-state index in [1.807, 2.05) is 25.1 Å². The Hall–Kier alpha value is -4.39. The Morgan fingerprint density at radius 1 is 1.05 bits per heavy atom. The molecule has 1 saturated carbocycles. The van der Waals surface area contributed by atoms with E-state index in [1.165, 1.54) is 0 Å². The Bertz CT molecular complexity index is 1600. The van der Waals surface area contributed by atoms with Crippen LogP contribution in [0.5, 0.6) is 0 Å². The minimum absolute atomic E-state index is 0.251. The average molecular weight is 544 g/mol. The van der Waals surface area contributed by atoms with Crippen molar-refractivity contribution in [1.82, 2.24) is 29.8 Å². The molecule has 1 aliphatic carbocycles. The predicted octanol–water partition coefficient (Wildman–Crippen LogP) is 3.89. The van der Waals surface area contributed by atoms with E-state index < -0.39 is 0 Å². The van der Waals surface area contributed by atoms with Gasteiger partial charge in [-0.3, -0.25) is 4.40 Å². The molecule has 13 heteroatoms. The van der Waals surface area contributed by atoms with E-state index in [-0.39, 0.29) is 11.6 Å². The summed E-state index contributed by atoms with van der Waals surface area (Å²) < 4.78 is 6.97. The minimum Gasteiger partial charge on any atom is -0.370 e. The van der Waals surface area contributed by atoms with Gasteiger partial charge >= 0.3 is 0 Å². The van der Waals surface area contributed by atoms with Crippen molar-refractivity contribution in [3.8, 4) is 12.1 Å². The summed E-state index contributed by atoms with van der Waals surface area (Å²) in [4.78, 5) is 15.6. The number of nitrogens with zero attached hydrogens (tertiary/aromatic N) is 8. The number of halogens is 1. The first-order valence-electron chi connectivity index (χ1n) is 12.8. The standard InChI is InChI=1S/C26H26ClN11O/c1-15-8-20(39-36-15)13-30-17-4-6-37(7-5-17)22-10-16(11-28)9-21(23(22)27)33-24-34-25(31-18-2-3-18)38-14-19(12-29)32-26(38)35-24/h8-10,14,17-18,30H,2-7,13H2,1H3,(H2,31,32,33,34,35). The predicted molar refractivity (Wildman–Crippen MR) is 145 cm³/mol. The van der Waals surface area contributed by atoms with Crippen molar-refractivity contribution < 1.29 is 4.52 Å². The fourth-order valence-electron chi connectivity index (χ4n) is 4.69. The summed E-state index contributed by atoms with van der Waals surface area (Å²) in [6.45, 7) is 4.11. The largest absolute Gasteiger partial charge is 0.370 e. The van der Waals surface area contributed by atoms with Crippen LogP contribution in [0.25, 0.3) is 5.78 Å². The molecular weight excluding hydrogens is 518 g/mol. The van der Waals surface area contributed by atoms with E-state index in [0.717, 1.165) is 55.9 Å². The van der Waals surface area contributed by atoms with Crippen LogP contribution in [0.15, 0.2) is 28.9 Å². The van der Waals surface area contributed by atoms with Gasteiger partial charge in [0, 0.05) is 31.2 Å². The molecule has 0 spiro atoms. The third kappa shape index (κ3) is 5.43. The number of fused-ring (bicyclic) bond motifs is 1. The van der Waals surface area contributed by atoms with Crippen molar-refractivity contribution in [2.75, 3.05) is 28.6 Å². The van der Waals surface area contributed by atoms with Crippen LogP contribution in [0.1, 0.15) is 48.4 Å². The van der Waals surface area contributed by atoms with Gasteiger partial charge in [-0.05, 0) is 44.7 Å². The first-order chi connectivity index (χ1) is 19.0. The summed E-state index contributed by atoms with van der Waals surface area (Å²) in [6, 6.07) is 10.4. The molecule has 4 aromatic rings. The Morgan fingerprint density at radius 3 is 2.56 bits per heavy atom. The summed E-state index contributed by atoms with van der Waals surface area (Å²) in [5.74, 6) is 1.98. The maximum absolute atomic E-state index is 9.74. The second-order valence-electron chi connectivity index (χ2n) is 9.87. The number of benzene rings is 1. The minimum atomic E-state index is 0.251. The Balaban J connectivity index is 1.21. The number of aryl methyl sites for hydroxylation is 1. The normalized spacial score (nSPS) is 15.7. The Kier molecular flexibility index (Phi) is 6.65. The lowest BCUT2D eigenvalue weighted by atomic mass is 10.0. The van der Waals surface area contributed by atoms with Gasteiger partial charge in [0.25, 0.3) is 0 Å². The molecule has 2 aliphatic rings. The van der Waals surface area contributed by atoms with Crippen molar-refractivity contribution in [3.63, 3.8) is 0 Å². The molecule has 1 saturated heterocycles. The van der Waals surface area contributed by atoms with Crippen molar-refractivity contribution in [2.45, 2.75) is 51.2 Å². The molecule has 0 atom stereocenters. The molecular formula is C26H26ClN11O. The fraction of sp³-hybridized carbons (Fsp3) is 0.385. The number of rotatable bonds is 8. The maximum Gasteiger partial charge on any atom is 0.241 e. The maximum atomic E-state index is 9.74. The summed E-state index contributed by atoms with van der Waals surface area (Å²) in [5.41, 5.74) is 2.91. The highest BCUT2D eigenvalue weighted by Crippen LogP contribution is 2.37. The first kappa shape index (κ1) is 24.9. The van der Waals surface area contributed by atoms with Crippen LogP contribution in [-0.4, -0.2) is 49.7 Å². The van der Waals surface area contributed by atoms with Gasteiger partial charge in [-0.1, -0.05) is 16.8 Å². The van der Waals surface area contributed by atoms with Gasteiger partial charge < -0.3 is 25.4 Å². The van der Waals surface area contributed by atoms with Gasteiger partial charge in [0.05, 0.1) is 46.5 Å². The number of nitrogens with one attached hydrogen (secondary N) is 3. The van der Waals surface area contributed by atoms with Crippen molar-refractivity contribution >= 4 is 40.7 Å². The number of anilines is 4. The third-order valence-electron chi connectivity index (χ3n) is 6.86. The molecule has 198 valence electrons. The molecule has 1 aromatic carbocycles. The van der Waals surface area contributed by atoms with Crippen LogP contribution >= 0.6 is 11.6 Å². The third-order valence-corrected chi connectivity index (χ3v) is 7.26. The van der Waals surface area contributed by atoms with Crippen LogP contribution in [-0.2, 0) is 6.54 Å². The van der Waals surface area contributed by atoms with Gasteiger partial charge in [0.15, 0.2) is 11.5 Å². The molecule has 4 heterocycles. The highest BCUT2D eigenvalue weighted by atomic mass is 35.5. The highest BCUT2D eigenvalue weighted by molar-refractivity contribution is 6.36. The number of piperidine rings is 1. The van der Waals surface area contributed by atoms with Crippen molar-refractivity contribution in [3.05, 3.63) is 52.1 Å². The first-order valence-corrected chi connectivity index (χ1v) is 13.2. The second-order valence-corrected chi connectivity index (χ2v) is 10.2. The fourth-order valence-corrected chi connectivity index (χ4v) is 4.96. The van der Waals surface area contributed by atoms with Gasteiger partial charge in [0.1, 0.15) is 6.07 Å². The monoisotopic (exact) mass is 543 g/mol. The van der Waals surface area contributed by atoms with Crippen LogP contribution in [0.3, 0.4) is 0 Å². The quantitative estimate of drug-likeness (QED) is 0.296. The van der Waals surface area contributed by atoms with E-state index in [1.54, 1.807) is 16.7 Å². The zero-order chi connectivity index (χ0) is 26.9. The molecule has 39 heavy (non-hydrogen) atoms. The number of hydrogen-bond donors (Lipinski definition) is 3. The highest BCUT2D eigenvalue weighted by Gasteiger charge is 2.25. The summed E-state index contributed by atoms with van der Waals surface area (Å²) in [5, 5.41) is 33.6. The Morgan fingerprint density at radius 2 is 1.87 bits per heavy atom. The molecule has 3 aromatic heterocycles. The van der Waals surface area contributed by atoms with Gasteiger partial charge in [0.2, 0.25) is 17.7 Å².